The van der Waals surface area contributed by atoms with Crippen molar-refractivity contribution in [2.24, 2.45) is 0 Å². The zero-order chi connectivity index (χ0) is 18.3. The molecule has 2 aliphatic heterocycles. The fourth-order valence-electron chi connectivity index (χ4n) is 3.82. The summed E-state index contributed by atoms with van der Waals surface area (Å²) in [5.74, 6) is 1.29. The van der Waals surface area contributed by atoms with Gasteiger partial charge in [0.2, 0.25) is 0 Å². The van der Waals surface area contributed by atoms with E-state index in [2.05, 4.69) is 15.0 Å². The maximum atomic E-state index is 13.1. The van der Waals surface area contributed by atoms with Crippen LogP contribution in [-0.2, 0) is 11.3 Å². The minimum Gasteiger partial charge on any atom is -0.380 e. The molecule has 7 heteroatoms. The highest BCUT2D eigenvalue weighted by Gasteiger charge is 2.44. The van der Waals surface area contributed by atoms with Gasteiger partial charge in [0.25, 0.3) is 5.91 Å². The number of nitrogens with zero attached hydrogens (tertiary/aromatic N) is 5. The van der Waals surface area contributed by atoms with Crippen LogP contribution in [0.3, 0.4) is 0 Å². The molecule has 1 amide bonds. The predicted octanol–water partition coefficient (Wildman–Crippen LogP) is 1.30. The van der Waals surface area contributed by atoms with Crippen molar-refractivity contribution in [2.75, 3.05) is 26.7 Å². The molecule has 4 rings (SSSR count). The molecule has 0 saturated carbocycles. The van der Waals surface area contributed by atoms with Gasteiger partial charge in [0.15, 0.2) is 5.82 Å². The summed E-state index contributed by atoms with van der Waals surface area (Å²) < 4.78 is 1.88. The lowest BCUT2D eigenvalue weighted by Crippen LogP contribution is -2.56. The number of likely N-dealkylation sites (tertiary alicyclic amines) is 1. The number of fused-ring (bicyclic) bond motifs is 1. The molecule has 3 heterocycles. The van der Waals surface area contributed by atoms with Crippen LogP contribution in [0.4, 0.5) is 0 Å². The van der Waals surface area contributed by atoms with Crippen LogP contribution in [0, 0.1) is 0 Å². The van der Waals surface area contributed by atoms with Gasteiger partial charge in [-0.2, -0.15) is 5.10 Å². The normalized spacial score (nSPS) is 22.9. The molecule has 1 saturated heterocycles. The highest BCUT2D eigenvalue weighted by atomic mass is 16.3. The molecule has 1 N–H and O–H groups in total. The summed E-state index contributed by atoms with van der Waals surface area (Å²) in [4.78, 5) is 21.7. The van der Waals surface area contributed by atoms with Gasteiger partial charge < -0.3 is 14.9 Å². The Morgan fingerprint density at radius 3 is 2.54 bits per heavy atom. The monoisotopic (exact) mass is 355 g/mol. The number of hydrogen-bond donors (Lipinski definition) is 1. The van der Waals surface area contributed by atoms with Crippen molar-refractivity contribution in [2.45, 2.75) is 38.0 Å². The van der Waals surface area contributed by atoms with Crippen molar-refractivity contribution >= 4 is 5.91 Å². The number of carbonyl (C=O) groups is 1. The van der Waals surface area contributed by atoms with Crippen LogP contribution >= 0.6 is 0 Å². The summed E-state index contributed by atoms with van der Waals surface area (Å²) in [6.45, 7) is 4.58. The van der Waals surface area contributed by atoms with Gasteiger partial charge in [-0.3, -0.25) is 4.79 Å². The van der Waals surface area contributed by atoms with Crippen molar-refractivity contribution in [1.29, 1.82) is 0 Å². The SMILES string of the molecule is C[C@H]1c2nc(-c3ccccc3)nn2CCN1C(=O)C1(O)CCN(C)CC1. The molecule has 0 spiro atoms. The molecule has 0 radical (unpaired) electrons. The van der Waals surface area contributed by atoms with Crippen LogP contribution in [0.5, 0.6) is 0 Å². The minimum absolute atomic E-state index is 0.173. The molecular formula is C19H25N5O2. The van der Waals surface area contributed by atoms with Gasteiger partial charge in [0, 0.05) is 25.2 Å². The van der Waals surface area contributed by atoms with Crippen molar-refractivity contribution in [1.82, 2.24) is 24.6 Å². The van der Waals surface area contributed by atoms with Crippen LogP contribution in [-0.4, -0.2) is 67.9 Å². The summed E-state index contributed by atoms with van der Waals surface area (Å²) in [5.41, 5.74) is -0.293. The van der Waals surface area contributed by atoms with Crippen molar-refractivity contribution in [3.63, 3.8) is 0 Å². The Bertz CT molecular complexity index is 796. The number of aliphatic hydroxyl groups is 1. The lowest BCUT2D eigenvalue weighted by Gasteiger charge is -2.41. The Morgan fingerprint density at radius 1 is 1.15 bits per heavy atom. The van der Waals surface area contributed by atoms with E-state index in [-0.39, 0.29) is 11.9 Å². The van der Waals surface area contributed by atoms with Gasteiger partial charge in [-0.05, 0) is 26.8 Å². The second-order valence-electron chi connectivity index (χ2n) is 7.39. The van der Waals surface area contributed by atoms with Gasteiger partial charge >= 0.3 is 0 Å². The van der Waals surface area contributed by atoms with Crippen LogP contribution in [0.15, 0.2) is 30.3 Å². The average Bonchev–Trinajstić information content (AvgIpc) is 3.10. The first kappa shape index (κ1) is 17.2. The van der Waals surface area contributed by atoms with Gasteiger partial charge in [0.05, 0.1) is 12.6 Å². The molecule has 1 aromatic heterocycles. The number of hydrogen-bond acceptors (Lipinski definition) is 5. The predicted molar refractivity (Wildman–Crippen MR) is 97.3 cm³/mol. The molecule has 0 unspecified atom stereocenters. The standard InChI is InChI=1S/C19H25N5O2/c1-14-17-20-16(15-6-4-3-5-7-15)21-24(17)13-12-23(14)18(25)19(26)8-10-22(2)11-9-19/h3-7,14,26H,8-13H2,1-2H3/t14-/m0/s1. The maximum absolute atomic E-state index is 13.1. The van der Waals surface area contributed by atoms with Gasteiger partial charge in [-0.25, -0.2) is 9.67 Å². The second-order valence-corrected chi connectivity index (χ2v) is 7.39. The Kier molecular flexibility index (Phi) is 4.28. The molecule has 0 aliphatic carbocycles. The van der Waals surface area contributed by atoms with E-state index in [1.165, 1.54) is 0 Å². The zero-order valence-corrected chi connectivity index (χ0v) is 15.3. The Hall–Kier alpha value is -2.25. The van der Waals surface area contributed by atoms with Crippen LogP contribution in [0.1, 0.15) is 31.6 Å². The molecule has 26 heavy (non-hydrogen) atoms. The fraction of sp³-hybridized carbons (Fsp3) is 0.526. The lowest BCUT2D eigenvalue weighted by molar-refractivity contribution is -0.159. The third-order valence-electron chi connectivity index (χ3n) is 5.60. The molecule has 2 aromatic rings. The molecular weight excluding hydrogens is 330 g/mol. The fourth-order valence-corrected chi connectivity index (χ4v) is 3.82. The number of carbonyl (C=O) groups excluding carboxylic acids is 1. The summed E-state index contributed by atoms with van der Waals surface area (Å²) in [6.07, 6.45) is 0.959. The van der Waals surface area contributed by atoms with Crippen molar-refractivity contribution < 1.29 is 9.90 Å². The number of rotatable bonds is 2. The molecule has 7 nitrogen and oxygen atoms in total. The first-order valence-electron chi connectivity index (χ1n) is 9.20. The van der Waals surface area contributed by atoms with E-state index in [1.807, 2.05) is 49.0 Å². The van der Waals surface area contributed by atoms with Gasteiger partial charge in [0.1, 0.15) is 11.4 Å². The topological polar surface area (TPSA) is 74.5 Å². The number of amides is 1. The van der Waals surface area contributed by atoms with Gasteiger partial charge in [-0.1, -0.05) is 30.3 Å². The van der Waals surface area contributed by atoms with E-state index in [9.17, 15) is 9.90 Å². The van der Waals surface area contributed by atoms with E-state index in [0.717, 1.165) is 24.5 Å². The van der Waals surface area contributed by atoms with E-state index < -0.39 is 5.60 Å². The van der Waals surface area contributed by atoms with Crippen LogP contribution in [0.25, 0.3) is 11.4 Å². The lowest BCUT2D eigenvalue weighted by atomic mass is 9.89. The highest BCUT2D eigenvalue weighted by molar-refractivity contribution is 5.85. The van der Waals surface area contributed by atoms with Crippen LogP contribution in [0.2, 0.25) is 0 Å². The number of aromatic nitrogens is 3. The second kappa shape index (κ2) is 6.48. The van der Waals surface area contributed by atoms with E-state index in [4.69, 9.17) is 0 Å². The largest absolute Gasteiger partial charge is 0.380 e. The van der Waals surface area contributed by atoms with E-state index in [0.29, 0.717) is 31.8 Å². The highest BCUT2D eigenvalue weighted by Crippen LogP contribution is 2.31. The number of piperidine rings is 1. The van der Waals surface area contributed by atoms with Crippen molar-refractivity contribution in [3.8, 4) is 11.4 Å². The quantitative estimate of drug-likeness (QED) is 0.879. The molecule has 0 bridgehead atoms. The van der Waals surface area contributed by atoms with Gasteiger partial charge in [-0.15, -0.1) is 0 Å². The average molecular weight is 355 g/mol. The van der Waals surface area contributed by atoms with Crippen LogP contribution < -0.4 is 0 Å². The summed E-state index contributed by atoms with van der Waals surface area (Å²) >= 11 is 0. The first-order chi connectivity index (χ1) is 12.5. The smallest absolute Gasteiger partial charge is 0.255 e. The van der Waals surface area contributed by atoms with E-state index >= 15 is 0 Å². The Morgan fingerprint density at radius 2 is 1.85 bits per heavy atom. The molecule has 1 fully saturated rings. The number of benzene rings is 1. The third-order valence-corrected chi connectivity index (χ3v) is 5.60. The third kappa shape index (κ3) is 2.91. The molecule has 138 valence electrons. The first-order valence-corrected chi connectivity index (χ1v) is 9.20. The molecule has 1 aromatic carbocycles. The van der Waals surface area contributed by atoms with Crippen molar-refractivity contribution in [3.05, 3.63) is 36.2 Å². The van der Waals surface area contributed by atoms with E-state index in [1.54, 1.807) is 4.90 Å². The Balaban J connectivity index is 1.57. The summed E-state index contributed by atoms with van der Waals surface area (Å²) in [5, 5.41) is 15.5. The molecule has 2 aliphatic rings. The Labute approximate surface area is 153 Å². The molecule has 1 atom stereocenters. The minimum atomic E-state index is -1.26. The summed E-state index contributed by atoms with van der Waals surface area (Å²) in [6, 6.07) is 9.65. The summed E-state index contributed by atoms with van der Waals surface area (Å²) in [7, 11) is 2.02. The maximum Gasteiger partial charge on any atom is 0.255 e. The zero-order valence-electron chi connectivity index (χ0n) is 15.3.